The second-order valence-electron chi connectivity index (χ2n) is 6.90. The number of hydrogen-bond donors (Lipinski definition) is 1. The first-order valence-corrected chi connectivity index (χ1v) is 8.85. The van der Waals surface area contributed by atoms with Crippen LogP contribution in [0.1, 0.15) is 43.1 Å². The molecule has 140 valence electrons. The summed E-state index contributed by atoms with van der Waals surface area (Å²) in [7, 11) is 0. The third kappa shape index (κ3) is 5.72. The summed E-state index contributed by atoms with van der Waals surface area (Å²) in [6, 6.07) is 7.33. The molecule has 0 saturated carbocycles. The maximum Gasteiger partial charge on any atom is 0.253 e. The smallest absolute Gasteiger partial charge is 0.253 e. The number of benzene rings is 1. The molecule has 1 aliphatic rings. The van der Waals surface area contributed by atoms with E-state index in [-0.39, 0.29) is 24.2 Å². The average Bonchev–Trinajstić information content (AvgIpc) is 2.60. The van der Waals surface area contributed by atoms with Gasteiger partial charge >= 0.3 is 0 Å². The maximum atomic E-state index is 12.6. The first-order valence-electron chi connectivity index (χ1n) is 8.85. The zero-order chi connectivity index (χ0) is 17.7. The van der Waals surface area contributed by atoms with Gasteiger partial charge in [0.15, 0.2) is 0 Å². The third-order valence-corrected chi connectivity index (χ3v) is 4.53. The summed E-state index contributed by atoms with van der Waals surface area (Å²) < 4.78 is 0. The molecule has 0 aromatic heterocycles. The number of amides is 2. The lowest BCUT2D eigenvalue weighted by Crippen LogP contribution is -2.54. The van der Waals surface area contributed by atoms with Crippen LogP contribution < -0.4 is 5.73 Å². The van der Waals surface area contributed by atoms with Gasteiger partial charge in [-0.1, -0.05) is 32.9 Å². The Hall–Kier alpha value is -1.59. The minimum atomic E-state index is -0.436. The fourth-order valence-corrected chi connectivity index (χ4v) is 3.04. The van der Waals surface area contributed by atoms with E-state index >= 15 is 0 Å². The van der Waals surface area contributed by atoms with E-state index in [0.717, 1.165) is 6.42 Å². The van der Waals surface area contributed by atoms with Crippen molar-refractivity contribution >= 4 is 24.2 Å². The molecule has 2 rings (SSSR count). The predicted octanol–water partition coefficient (Wildman–Crippen LogP) is 2.33. The molecule has 1 fully saturated rings. The number of carbonyl (C=O) groups excluding carboxylic acids is 2. The van der Waals surface area contributed by atoms with Crippen LogP contribution in [-0.2, 0) is 11.2 Å². The highest BCUT2D eigenvalue weighted by Gasteiger charge is 2.27. The number of aryl methyl sites for hydroxylation is 1. The quantitative estimate of drug-likeness (QED) is 0.868. The van der Waals surface area contributed by atoms with Crippen LogP contribution in [0.2, 0.25) is 0 Å². The molecule has 6 heteroatoms. The van der Waals surface area contributed by atoms with Crippen molar-refractivity contribution in [3.8, 4) is 0 Å². The van der Waals surface area contributed by atoms with Crippen LogP contribution in [0.3, 0.4) is 0 Å². The van der Waals surface area contributed by atoms with Crippen molar-refractivity contribution in [3.05, 3.63) is 35.4 Å². The predicted molar refractivity (Wildman–Crippen MR) is 103 cm³/mol. The molecule has 0 spiro atoms. The minimum Gasteiger partial charge on any atom is -0.338 e. The molecular weight excluding hydrogens is 338 g/mol. The van der Waals surface area contributed by atoms with Gasteiger partial charge in [-0.3, -0.25) is 9.59 Å². The summed E-state index contributed by atoms with van der Waals surface area (Å²) in [5.41, 5.74) is 7.92. The van der Waals surface area contributed by atoms with Crippen LogP contribution in [-0.4, -0.2) is 53.8 Å². The van der Waals surface area contributed by atoms with Gasteiger partial charge in [-0.15, -0.1) is 12.4 Å². The van der Waals surface area contributed by atoms with E-state index in [2.05, 4.69) is 20.8 Å². The van der Waals surface area contributed by atoms with E-state index in [1.165, 1.54) is 5.56 Å². The Kier molecular flexibility index (Phi) is 8.39. The fourth-order valence-electron chi connectivity index (χ4n) is 3.04. The van der Waals surface area contributed by atoms with Crippen molar-refractivity contribution in [3.63, 3.8) is 0 Å². The Morgan fingerprint density at radius 2 is 1.56 bits per heavy atom. The molecule has 2 amide bonds. The third-order valence-electron chi connectivity index (χ3n) is 4.53. The summed E-state index contributed by atoms with van der Waals surface area (Å²) >= 11 is 0. The number of halogens is 1. The van der Waals surface area contributed by atoms with E-state index in [1.807, 2.05) is 29.2 Å². The molecule has 1 aliphatic heterocycles. The van der Waals surface area contributed by atoms with Gasteiger partial charge in [-0.05, 0) is 36.5 Å². The summed E-state index contributed by atoms with van der Waals surface area (Å²) in [5.74, 6) is 0.442. The molecule has 5 nitrogen and oxygen atoms in total. The SMILES string of the molecule is CCc1ccc(C(=O)N2CCN(C(=O)[C@@H](N)CC(C)C)CC2)cc1.Cl. The summed E-state index contributed by atoms with van der Waals surface area (Å²) in [5, 5.41) is 0. The highest BCUT2D eigenvalue weighted by atomic mass is 35.5. The van der Waals surface area contributed by atoms with Gasteiger partial charge in [0.25, 0.3) is 5.91 Å². The standard InChI is InChI=1S/C19H29N3O2.ClH/c1-4-15-5-7-16(8-6-15)18(23)21-9-11-22(12-10-21)19(24)17(20)13-14(2)3;/h5-8,14,17H,4,9-13,20H2,1-3H3;1H/t17-;/m0./s1. The second kappa shape index (κ2) is 9.78. The lowest BCUT2D eigenvalue weighted by atomic mass is 10.0. The highest BCUT2D eigenvalue weighted by molar-refractivity contribution is 5.94. The fraction of sp³-hybridized carbons (Fsp3) is 0.579. The molecule has 1 atom stereocenters. The van der Waals surface area contributed by atoms with Crippen molar-refractivity contribution in [1.82, 2.24) is 9.80 Å². The summed E-state index contributed by atoms with van der Waals surface area (Å²) in [4.78, 5) is 28.5. The van der Waals surface area contributed by atoms with Crippen LogP contribution in [0.15, 0.2) is 24.3 Å². The minimum absolute atomic E-state index is 0. The summed E-state index contributed by atoms with van der Waals surface area (Å²) in [6.07, 6.45) is 1.66. The van der Waals surface area contributed by atoms with E-state index in [9.17, 15) is 9.59 Å². The van der Waals surface area contributed by atoms with Crippen molar-refractivity contribution in [2.45, 2.75) is 39.7 Å². The number of hydrogen-bond acceptors (Lipinski definition) is 3. The van der Waals surface area contributed by atoms with Crippen LogP contribution >= 0.6 is 12.4 Å². The highest BCUT2D eigenvalue weighted by Crippen LogP contribution is 2.12. The van der Waals surface area contributed by atoms with E-state index < -0.39 is 6.04 Å². The van der Waals surface area contributed by atoms with Crippen molar-refractivity contribution in [2.75, 3.05) is 26.2 Å². The van der Waals surface area contributed by atoms with Crippen molar-refractivity contribution < 1.29 is 9.59 Å². The van der Waals surface area contributed by atoms with Crippen LogP contribution in [0, 0.1) is 5.92 Å². The van der Waals surface area contributed by atoms with Gasteiger partial charge in [-0.25, -0.2) is 0 Å². The Morgan fingerprint density at radius 3 is 2.04 bits per heavy atom. The lowest BCUT2D eigenvalue weighted by Gasteiger charge is -2.36. The normalized spacial score (nSPS) is 15.7. The van der Waals surface area contributed by atoms with Crippen LogP contribution in [0.4, 0.5) is 0 Å². The Balaban J connectivity index is 0.00000312. The lowest BCUT2D eigenvalue weighted by molar-refractivity contribution is -0.134. The number of piperazine rings is 1. The number of nitrogens with zero attached hydrogens (tertiary/aromatic N) is 2. The van der Waals surface area contributed by atoms with Gasteiger partial charge < -0.3 is 15.5 Å². The van der Waals surface area contributed by atoms with Crippen molar-refractivity contribution in [2.24, 2.45) is 11.7 Å². The molecule has 0 aliphatic carbocycles. The number of carbonyl (C=O) groups is 2. The molecule has 1 aromatic rings. The van der Waals surface area contributed by atoms with Gasteiger partial charge in [0, 0.05) is 31.7 Å². The van der Waals surface area contributed by atoms with Crippen LogP contribution in [0.25, 0.3) is 0 Å². The van der Waals surface area contributed by atoms with Gasteiger partial charge in [-0.2, -0.15) is 0 Å². The first kappa shape index (κ1) is 21.5. The monoisotopic (exact) mass is 367 g/mol. The number of rotatable bonds is 5. The molecule has 2 N–H and O–H groups in total. The maximum absolute atomic E-state index is 12.6. The van der Waals surface area contributed by atoms with Gasteiger partial charge in [0.1, 0.15) is 0 Å². The second-order valence-corrected chi connectivity index (χ2v) is 6.90. The Bertz CT molecular complexity index is 567. The Labute approximate surface area is 157 Å². The topological polar surface area (TPSA) is 66.6 Å². The van der Waals surface area contributed by atoms with Crippen LogP contribution in [0.5, 0.6) is 0 Å². The zero-order valence-corrected chi connectivity index (χ0v) is 16.2. The van der Waals surface area contributed by atoms with E-state index in [0.29, 0.717) is 44.1 Å². The van der Waals surface area contributed by atoms with Gasteiger partial charge in [0.2, 0.25) is 5.91 Å². The molecule has 1 aromatic carbocycles. The molecule has 0 bridgehead atoms. The first-order chi connectivity index (χ1) is 11.4. The van der Waals surface area contributed by atoms with E-state index in [1.54, 1.807) is 4.90 Å². The van der Waals surface area contributed by atoms with E-state index in [4.69, 9.17) is 5.73 Å². The molecular formula is C19H30ClN3O2. The number of nitrogens with two attached hydrogens (primary N) is 1. The largest absolute Gasteiger partial charge is 0.338 e. The summed E-state index contributed by atoms with van der Waals surface area (Å²) in [6.45, 7) is 8.47. The molecule has 1 heterocycles. The zero-order valence-electron chi connectivity index (χ0n) is 15.4. The van der Waals surface area contributed by atoms with Gasteiger partial charge in [0.05, 0.1) is 6.04 Å². The molecule has 0 radical (unpaired) electrons. The molecule has 1 saturated heterocycles. The molecule has 25 heavy (non-hydrogen) atoms. The average molecular weight is 368 g/mol. The van der Waals surface area contributed by atoms with Crippen molar-refractivity contribution in [1.29, 1.82) is 0 Å². The Morgan fingerprint density at radius 1 is 1.04 bits per heavy atom. The molecule has 0 unspecified atom stereocenters.